The van der Waals surface area contributed by atoms with Crippen LogP contribution < -0.4 is 15.5 Å². The molecule has 2 saturated heterocycles. The van der Waals surface area contributed by atoms with Crippen LogP contribution in [0.5, 0.6) is 0 Å². The zero-order valence-corrected chi connectivity index (χ0v) is 17.0. The smallest absolute Gasteiger partial charge is 0.191 e. The third-order valence-corrected chi connectivity index (χ3v) is 7.41. The van der Waals surface area contributed by atoms with Crippen molar-refractivity contribution in [2.45, 2.75) is 31.1 Å². The van der Waals surface area contributed by atoms with Gasteiger partial charge in [0.25, 0.3) is 0 Å². The van der Waals surface area contributed by atoms with Gasteiger partial charge in [-0.3, -0.25) is 4.99 Å². The molecule has 6 heteroatoms. The van der Waals surface area contributed by atoms with Crippen molar-refractivity contribution >= 4 is 35.2 Å². The van der Waals surface area contributed by atoms with Crippen LogP contribution in [0.3, 0.4) is 0 Å². The van der Waals surface area contributed by atoms with Gasteiger partial charge in [-0.25, -0.2) is 0 Å². The molecule has 2 N–H and O–H groups in total. The van der Waals surface area contributed by atoms with E-state index < -0.39 is 0 Å². The molecule has 3 rings (SSSR count). The van der Waals surface area contributed by atoms with Crippen LogP contribution in [0.25, 0.3) is 0 Å². The highest BCUT2D eigenvalue weighted by molar-refractivity contribution is 8.00. The van der Waals surface area contributed by atoms with Crippen LogP contribution >= 0.6 is 23.5 Å². The molecule has 2 heterocycles. The van der Waals surface area contributed by atoms with E-state index in [0.29, 0.717) is 4.75 Å². The van der Waals surface area contributed by atoms with Crippen molar-refractivity contribution in [2.24, 2.45) is 4.99 Å². The number of anilines is 1. The van der Waals surface area contributed by atoms with Crippen molar-refractivity contribution in [3.63, 3.8) is 0 Å². The molecule has 2 aliphatic rings. The first-order valence-electron chi connectivity index (χ1n) is 9.19. The molecule has 0 spiro atoms. The quantitative estimate of drug-likeness (QED) is 0.608. The van der Waals surface area contributed by atoms with Gasteiger partial charge in [-0.1, -0.05) is 12.1 Å². The number of aliphatic imine (C=N–C) groups is 1. The average Bonchev–Trinajstić information content (AvgIpc) is 3.10. The van der Waals surface area contributed by atoms with E-state index in [0.717, 1.165) is 32.1 Å². The van der Waals surface area contributed by atoms with E-state index >= 15 is 0 Å². The minimum Gasteiger partial charge on any atom is -0.370 e. The Bertz CT molecular complexity index is 561. The Morgan fingerprint density at radius 1 is 1.16 bits per heavy atom. The van der Waals surface area contributed by atoms with Crippen LogP contribution in [0.2, 0.25) is 0 Å². The summed E-state index contributed by atoms with van der Waals surface area (Å²) in [6.07, 6.45) is 2.62. The molecule has 138 valence electrons. The Morgan fingerprint density at radius 2 is 1.92 bits per heavy atom. The lowest BCUT2D eigenvalue weighted by molar-refractivity contribution is 0.584. The number of hydrogen-bond acceptors (Lipinski definition) is 4. The van der Waals surface area contributed by atoms with E-state index in [1.807, 2.05) is 7.05 Å². The third kappa shape index (κ3) is 5.48. The molecule has 0 aliphatic carbocycles. The first-order chi connectivity index (χ1) is 12.2. The lowest BCUT2D eigenvalue weighted by Gasteiger charge is -2.28. The summed E-state index contributed by atoms with van der Waals surface area (Å²) >= 11 is 4.13. The van der Waals surface area contributed by atoms with Gasteiger partial charge in [0.15, 0.2) is 5.96 Å². The number of guanidine groups is 1. The Morgan fingerprint density at radius 3 is 2.56 bits per heavy atom. The van der Waals surface area contributed by atoms with Gasteiger partial charge in [-0.05, 0) is 43.2 Å². The second kappa shape index (κ2) is 9.08. The van der Waals surface area contributed by atoms with Crippen molar-refractivity contribution in [1.82, 2.24) is 10.6 Å². The Hall–Kier alpha value is -1.01. The van der Waals surface area contributed by atoms with E-state index in [4.69, 9.17) is 0 Å². The second-order valence-corrected chi connectivity index (χ2v) is 9.85. The molecule has 0 saturated carbocycles. The van der Waals surface area contributed by atoms with E-state index in [9.17, 15) is 0 Å². The first kappa shape index (κ1) is 18.8. The molecule has 1 unspecified atom stereocenters. The van der Waals surface area contributed by atoms with Crippen LogP contribution in [0.1, 0.15) is 25.3 Å². The molecule has 25 heavy (non-hydrogen) atoms. The zero-order valence-electron chi connectivity index (χ0n) is 15.4. The van der Waals surface area contributed by atoms with E-state index in [2.05, 4.69) is 75.2 Å². The second-order valence-electron chi connectivity index (χ2n) is 6.95. The third-order valence-electron chi connectivity index (χ3n) is 4.93. The molecule has 1 aromatic carbocycles. The summed E-state index contributed by atoms with van der Waals surface area (Å²) in [6.45, 7) is 6.46. The van der Waals surface area contributed by atoms with Gasteiger partial charge < -0.3 is 15.5 Å². The molecule has 2 fully saturated rings. The molecule has 2 aliphatic heterocycles. The minimum atomic E-state index is 0.353. The van der Waals surface area contributed by atoms with Crippen molar-refractivity contribution in [1.29, 1.82) is 0 Å². The average molecular weight is 379 g/mol. The maximum Gasteiger partial charge on any atom is 0.191 e. The van der Waals surface area contributed by atoms with Crippen molar-refractivity contribution < 1.29 is 0 Å². The molecule has 4 nitrogen and oxygen atoms in total. The van der Waals surface area contributed by atoms with Gasteiger partial charge in [0.2, 0.25) is 0 Å². The first-order valence-corrected chi connectivity index (χ1v) is 11.3. The van der Waals surface area contributed by atoms with E-state index in [1.54, 1.807) is 0 Å². The van der Waals surface area contributed by atoms with Gasteiger partial charge in [-0.15, -0.1) is 0 Å². The summed E-state index contributed by atoms with van der Waals surface area (Å²) in [5.41, 5.74) is 2.64. The molecule has 0 amide bonds. The standard InChI is InChI=1S/C19H30N4S2/c1-19(8-3-11-25-19)15-22-18(20-2)21-14-16-4-6-17(7-5-16)23-9-12-24-13-10-23/h4-7H,3,8-15H2,1-2H3,(H2,20,21,22). The highest BCUT2D eigenvalue weighted by Crippen LogP contribution is 2.36. The van der Waals surface area contributed by atoms with Crippen LogP contribution in [0.15, 0.2) is 29.3 Å². The summed E-state index contributed by atoms with van der Waals surface area (Å²) in [6, 6.07) is 8.95. The number of nitrogens with zero attached hydrogens (tertiary/aromatic N) is 2. The Balaban J connectivity index is 1.46. The topological polar surface area (TPSA) is 39.7 Å². The predicted octanol–water partition coefficient (Wildman–Crippen LogP) is 3.19. The Labute approximate surface area is 160 Å². The van der Waals surface area contributed by atoms with Crippen LogP contribution in [0.4, 0.5) is 5.69 Å². The monoisotopic (exact) mass is 378 g/mol. The van der Waals surface area contributed by atoms with E-state index in [1.165, 1.54) is 41.4 Å². The number of thioether (sulfide) groups is 2. The fourth-order valence-electron chi connectivity index (χ4n) is 3.30. The maximum absolute atomic E-state index is 4.36. The highest BCUT2D eigenvalue weighted by atomic mass is 32.2. The predicted molar refractivity (Wildman–Crippen MR) is 114 cm³/mol. The summed E-state index contributed by atoms with van der Waals surface area (Å²) < 4.78 is 0.353. The molecular weight excluding hydrogens is 348 g/mol. The minimum absolute atomic E-state index is 0.353. The molecule has 0 bridgehead atoms. The molecule has 0 radical (unpaired) electrons. The zero-order chi connectivity index (χ0) is 17.5. The molecule has 1 aromatic rings. The molecule has 0 aromatic heterocycles. The van der Waals surface area contributed by atoms with Crippen molar-refractivity contribution in [2.75, 3.05) is 48.8 Å². The summed E-state index contributed by atoms with van der Waals surface area (Å²) in [7, 11) is 1.84. The van der Waals surface area contributed by atoms with Gasteiger partial charge >= 0.3 is 0 Å². The number of nitrogens with one attached hydrogen (secondary N) is 2. The molecule has 1 atom stereocenters. The fourth-order valence-corrected chi connectivity index (χ4v) is 5.45. The van der Waals surface area contributed by atoms with E-state index in [-0.39, 0.29) is 0 Å². The largest absolute Gasteiger partial charge is 0.370 e. The number of hydrogen-bond donors (Lipinski definition) is 2. The highest BCUT2D eigenvalue weighted by Gasteiger charge is 2.29. The SMILES string of the molecule is CN=C(NCc1ccc(N2CCSCC2)cc1)NCC1(C)CCCS1. The maximum atomic E-state index is 4.36. The van der Waals surface area contributed by atoms with Crippen LogP contribution in [-0.4, -0.2) is 54.6 Å². The number of benzene rings is 1. The van der Waals surface area contributed by atoms with Gasteiger partial charge in [0.05, 0.1) is 0 Å². The summed E-state index contributed by atoms with van der Waals surface area (Å²) in [4.78, 5) is 6.84. The summed E-state index contributed by atoms with van der Waals surface area (Å²) in [5.74, 6) is 4.66. The number of rotatable bonds is 5. The van der Waals surface area contributed by atoms with Gasteiger partial charge in [0, 0.05) is 55.2 Å². The van der Waals surface area contributed by atoms with Crippen molar-refractivity contribution in [3.8, 4) is 0 Å². The van der Waals surface area contributed by atoms with Gasteiger partial charge in [0.1, 0.15) is 0 Å². The van der Waals surface area contributed by atoms with Crippen LogP contribution in [0, 0.1) is 0 Å². The van der Waals surface area contributed by atoms with Crippen LogP contribution in [-0.2, 0) is 6.54 Å². The lowest BCUT2D eigenvalue weighted by atomic mass is 10.1. The molecular formula is C19H30N4S2. The van der Waals surface area contributed by atoms with Gasteiger partial charge in [-0.2, -0.15) is 23.5 Å². The Kier molecular flexibility index (Phi) is 6.82. The fraction of sp³-hybridized carbons (Fsp3) is 0.632. The lowest BCUT2D eigenvalue weighted by Crippen LogP contribution is -2.43. The van der Waals surface area contributed by atoms with Crippen molar-refractivity contribution in [3.05, 3.63) is 29.8 Å². The normalized spacial score (nSPS) is 24.4. The summed E-state index contributed by atoms with van der Waals surface area (Å²) in [5, 5.41) is 6.93.